The van der Waals surface area contributed by atoms with E-state index in [-0.39, 0.29) is 16.4 Å². The van der Waals surface area contributed by atoms with Gasteiger partial charge in [0.05, 0.1) is 11.6 Å². The van der Waals surface area contributed by atoms with E-state index < -0.39 is 0 Å². The molecule has 0 fully saturated rings. The second kappa shape index (κ2) is 7.52. The van der Waals surface area contributed by atoms with Crippen molar-refractivity contribution in [1.29, 1.82) is 0 Å². The molecule has 6 heteroatoms. The topological polar surface area (TPSA) is 52.0 Å². The summed E-state index contributed by atoms with van der Waals surface area (Å²) in [6.07, 6.45) is 0. The van der Waals surface area contributed by atoms with E-state index >= 15 is 0 Å². The highest BCUT2D eigenvalue weighted by molar-refractivity contribution is 7.24. The molecule has 0 aliphatic heterocycles. The van der Waals surface area contributed by atoms with Crippen molar-refractivity contribution in [3.63, 3.8) is 0 Å². The summed E-state index contributed by atoms with van der Waals surface area (Å²) in [7, 11) is 0. The van der Waals surface area contributed by atoms with Gasteiger partial charge in [0.25, 0.3) is 5.56 Å². The summed E-state index contributed by atoms with van der Waals surface area (Å²) in [5.74, 6) is 0.452. The van der Waals surface area contributed by atoms with Crippen molar-refractivity contribution in [2.75, 3.05) is 0 Å². The molecule has 2 aromatic heterocycles. The molecule has 3 aromatic carbocycles. The third-order valence-electron chi connectivity index (χ3n) is 5.00. The predicted octanol–water partition coefficient (Wildman–Crippen LogP) is 5.34. The first-order valence-electron chi connectivity index (χ1n) is 9.39. The van der Waals surface area contributed by atoms with Gasteiger partial charge in [-0.2, -0.15) is 0 Å². The van der Waals surface area contributed by atoms with E-state index in [1.54, 1.807) is 22.8 Å². The average molecular weight is 431 g/mol. The van der Waals surface area contributed by atoms with Crippen LogP contribution >= 0.6 is 22.9 Å². The Labute approximate surface area is 180 Å². The molecule has 0 spiro atoms. The summed E-state index contributed by atoms with van der Waals surface area (Å²) in [4.78, 5) is 31.9. The molecule has 5 rings (SSSR count). The molecule has 0 unspecified atom stereocenters. The zero-order chi connectivity index (χ0) is 20.7. The number of fused-ring (bicyclic) bond motifs is 2. The first kappa shape index (κ1) is 18.7. The highest BCUT2D eigenvalue weighted by Crippen LogP contribution is 2.29. The first-order chi connectivity index (χ1) is 14.6. The van der Waals surface area contributed by atoms with Crippen LogP contribution in [-0.4, -0.2) is 9.55 Å². The maximum absolute atomic E-state index is 13.6. The number of hydrogen-bond donors (Lipinski definition) is 0. The molecular weight excluding hydrogens is 416 g/mol. The van der Waals surface area contributed by atoms with Gasteiger partial charge >= 0.3 is 0 Å². The van der Waals surface area contributed by atoms with E-state index in [2.05, 4.69) is 0 Å². The number of halogens is 1. The molecule has 0 aliphatic rings. The number of rotatable bonds is 3. The summed E-state index contributed by atoms with van der Waals surface area (Å²) < 4.78 is 2.34. The minimum absolute atomic E-state index is 0.116. The summed E-state index contributed by atoms with van der Waals surface area (Å²) in [6, 6.07) is 24.2. The quantitative estimate of drug-likeness (QED) is 0.363. The largest absolute Gasteiger partial charge is 0.288 e. The van der Waals surface area contributed by atoms with E-state index in [0.29, 0.717) is 33.2 Å². The van der Waals surface area contributed by atoms with Crippen LogP contribution in [0.5, 0.6) is 0 Å². The van der Waals surface area contributed by atoms with Crippen LogP contribution in [0.15, 0.2) is 88.5 Å². The van der Waals surface area contributed by atoms with Gasteiger partial charge < -0.3 is 0 Å². The SMILES string of the molecule is O=c1c2ccccc2sc2nc(-c3ccccc3Cl)n(Cc3ccccc3)c(=O)c12. The van der Waals surface area contributed by atoms with Gasteiger partial charge in [-0.05, 0) is 29.8 Å². The third kappa shape index (κ3) is 3.12. The molecule has 146 valence electrons. The summed E-state index contributed by atoms with van der Waals surface area (Å²) in [6.45, 7) is 0.292. The number of hydrogen-bond acceptors (Lipinski definition) is 4. The van der Waals surface area contributed by atoms with Crippen molar-refractivity contribution < 1.29 is 0 Å². The fraction of sp³-hybridized carbons (Fsp3) is 0.0417. The third-order valence-corrected chi connectivity index (χ3v) is 6.39. The van der Waals surface area contributed by atoms with Gasteiger partial charge in [-0.15, -0.1) is 11.3 Å². The standard InChI is InChI=1S/C24H15ClN2O2S/c25-18-12-6-4-10-16(18)22-26-23-20(21(28)17-11-5-7-13-19(17)30-23)24(29)27(22)14-15-8-2-1-3-9-15/h1-13H,14H2. The molecule has 0 radical (unpaired) electrons. The average Bonchev–Trinajstić information content (AvgIpc) is 2.77. The Morgan fingerprint density at radius 1 is 0.867 bits per heavy atom. The van der Waals surface area contributed by atoms with Gasteiger partial charge in [0.2, 0.25) is 5.43 Å². The van der Waals surface area contributed by atoms with Crippen LogP contribution < -0.4 is 11.0 Å². The van der Waals surface area contributed by atoms with Gasteiger partial charge in [-0.3, -0.25) is 14.2 Å². The lowest BCUT2D eigenvalue weighted by Gasteiger charge is -2.14. The Bertz CT molecular complexity index is 1520. The van der Waals surface area contributed by atoms with Crippen molar-refractivity contribution in [3.05, 3.63) is 110 Å². The number of benzene rings is 3. The predicted molar refractivity (Wildman–Crippen MR) is 124 cm³/mol. The molecule has 5 aromatic rings. The van der Waals surface area contributed by atoms with Crippen LogP contribution in [-0.2, 0) is 6.54 Å². The van der Waals surface area contributed by atoms with Crippen LogP contribution in [0.1, 0.15) is 5.56 Å². The molecule has 0 N–H and O–H groups in total. The first-order valence-corrected chi connectivity index (χ1v) is 10.6. The monoisotopic (exact) mass is 430 g/mol. The highest BCUT2D eigenvalue weighted by atomic mass is 35.5. The van der Waals surface area contributed by atoms with Crippen LogP contribution in [0.3, 0.4) is 0 Å². The zero-order valence-electron chi connectivity index (χ0n) is 15.7. The maximum atomic E-state index is 13.6. The van der Waals surface area contributed by atoms with Gasteiger partial charge in [-0.25, -0.2) is 4.98 Å². The Balaban J connectivity index is 1.90. The molecule has 0 aliphatic carbocycles. The fourth-order valence-corrected chi connectivity index (χ4v) is 4.81. The summed E-state index contributed by atoms with van der Waals surface area (Å²) in [5.41, 5.74) is 0.947. The second-order valence-electron chi connectivity index (χ2n) is 6.90. The van der Waals surface area contributed by atoms with E-state index in [4.69, 9.17) is 16.6 Å². The van der Waals surface area contributed by atoms with E-state index in [1.807, 2.05) is 60.7 Å². The normalized spacial score (nSPS) is 11.2. The molecular formula is C24H15ClN2O2S. The molecule has 4 nitrogen and oxygen atoms in total. The van der Waals surface area contributed by atoms with Crippen molar-refractivity contribution in [3.8, 4) is 11.4 Å². The molecule has 0 amide bonds. The lowest BCUT2D eigenvalue weighted by atomic mass is 10.1. The molecule has 0 atom stereocenters. The van der Waals surface area contributed by atoms with Crippen LogP contribution in [0.25, 0.3) is 31.7 Å². The van der Waals surface area contributed by atoms with Crippen molar-refractivity contribution in [2.45, 2.75) is 6.54 Å². The van der Waals surface area contributed by atoms with Crippen molar-refractivity contribution in [2.24, 2.45) is 0 Å². The Hall–Kier alpha value is -3.28. The van der Waals surface area contributed by atoms with Crippen molar-refractivity contribution in [1.82, 2.24) is 9.55 Å². The Morgan fingerprint density at radius 3 is 2.37 bits per heavy atom. The molecule has 2 heterocycles. The van der Waals surface area contributed by atoms with Gasteiger partial charge in [0, 0.05) is 15.6 Å². The smallest absolute Gasteiger partial charge is 0.266 e. The lowest BCUT2D eigenvalue weighted by Crippen LogP contribution is -2.27. The lowest BCUT2D eigenvalue weighted by molar-refractivity contribution is 0.760. The molecule has 0 bridgehead atoms. The minimum atomic E-state index is -0.356. The minimum Gasteiger partial charge on any atom is -0.288 e. The van der Waals surface area contributed by atoms with E-state index in [1.165, 1.54) is 11.3 Å². The number of nitrogens with zero attached hydrogens (tertiary/aromatic N) is 2. The van der Waals surface area contributed by atoms with E-state index in [0.717, 1.165) is 10.3 Å². The number of aromatic nitrogens is 2. The molecule has 30 heavy (non-hydrogen) atoms. The zero-order valence-corrected chi connectivity index (χ0v) is 17.3. The molecule has 0 saturated heterocycles. The Morgan fingerprint density at radius 2 is 1.57 bits per heavy atom. The molecule has 0 saturated carbocycles. The second-order valence-corrected chi connectivity index (χ2v) is 8.34. The summed E-state index contributed by atoms with van der Waals surface area (Å²) in [5, 5.41) is 1.15. The van der Waals surface area contributed by atoms with E-state index in [9.17, 15) is 9.59 Å². The van der Waals surface area contributed by atoms with Crippen molar-refractivity contribution >= 4 is 43.2 Å². The van der Waals surface area contributed by atoms with Gasteiger partial charge in [0.1, 0.15) is 16.0 Å². The summed E-state index contributed by atoms with van der Waals surface area (Å²) >= 11 is 7.79. The van der Waals surface area contributed by atoms with Gasteiger partial charge in [0.15, 0.2) is 0 Å². The maximum Gasteiger partial charge on any atom is 0.266 e. The highest BCUT2D eigenvalue weighted by Gasteiger charge is 2.19. The Kier molecular flexibility index (Phi) is 4.69. The fourth-order valence-electron chi connectivity index (χ4n) is 3.55. The van der Waals surface area contributed by atoms with Crippen LogP contribution in [0, 0.1) is 0 Å². The van der Waals surface area contributed by atoms with Crippen LogP contribution in [0.4, 0.5) is 0 Å². The van der Waals surface area contributed by atoms with Crippen LogP contribution in [0.2, 0.25) is 5.02 Å². The van der Waals surface area contributed by atoms with Gasteiger partial charge in [-0.1, -0.05) is 66.2 Å².